The van der Waals surface area contributed by atoms with Crippen molar-refractivity contribution in [3.8, 4) is 11.8 Å². The van der Waals surface area contributed by atoms with Crippen molar-refractivity contribution in [3.05, 3.63) is 89.2 Å². The summed E-state index contributed by atoms with van der Waals surface area (Å²) in [6.07, 6.45) is 3.76. The predicted octanol–water partition coefficient (Wildman–Crippen LogP) is 4.55. The summed E-state index contributed by atoms with van der Waals surface area (Å²) < 4.78 is 2.03. The molecule has 0 aliphatic heterocycles. The van der Waals surface area contributed by atoms with Gasteiger partial charge in [-0.3, -0.25) is 0 Å². The lowest BCUT2D eigenvalue weighted by atomic mass is 10.0. The highest BCUT2D eigenvalue weighted by Crippen LogP contribution is 2.22. The summed E-state index contributed by atoms with van der Waals surface area (Å²) in [7, 11) is 0. The molecule has 3 aromatic rings. The first-order valence-electron chi connectivity index (χ1n) is 7.79. The Balaban J connectivity index is 2.02. The number of aromatic nitrogens is 1. The maximum Gasteiger partial charge on any atom is 0.335 e. The van der Waals surface area contributed by atoms with Gasteiger partial charge in [0, 0.05) is 17.6 Å². The van der Waals surface area contributed by atoms with Crippen LogP contribution in [-0.2, 0) is 0 Å². The van der Waals surface area contributed by atoms with Crippen LogP contribution in [0.4, 0.5) is 0 Å². The van der Waals surface area contributed by atoms with Crippen LogP contribution in [0.15, 0.2) is 66.9 Å². The van der Waals surface area contributed by atoms with E-state index in [1.54, 1.807) is 12.1 Å². The van der Waals surface area contributed by atoms with Gasteiger partial charge in [0.1, 0.15) is 0 Å². The molecular weight excluding hydrogens is 312 g/mol. The van der Waals surface area contributed by atoms with Crippen LogP contribution in [0.25, 0.3) is 17.3 Å². The second-order valence-electron chi connectivity index (χ2n) is 5.64. The SMILES string of the molecule is Cc1ccccc1-n1cccc1/C=C(/C#N)c1ccc(C(=O)O)cc1. The Kier molecular flexibility index (Phi) is 4.49. The first kappa shape index (κ1) is 16.3. The standard InChI is InChI=1S/C21H16N2O2/c1-15-5-2-3-7-20(15)23-12-4-6-19(23)13-18(14-22)16-8-10-17(11-9-16)21(24)25/h2-13H,1H3,(H,24,25)/b18-13-. The molecule has 1 N–H and O–H groups in total. The highest BCUT2D eigenvalue weighted by molar-refractivity contribution is 5.92. The molecule has 0 aliphatic rings. The first-order chi connectivity index (χ1) is 12.1. The molecule has 3 rings (SSSR count). The fourth-order valence-electron chi connectivity index (χ4n) is 2.69. The number of hydrogen-bond donors (Lipinski definition) is 1. The number of benzene rings is 2. The molecule has 1 heterocycles. The lowest BCUT2D eigenvalue weighted by Crippen LogP contribution is -1.98. The average Bonchev–Trinajstić information content (AvgIpc) is 3.08. The Morgan fingerprint density at radius 2 is 1.72 bits per heavy atom. The first-order valence-corrected chi connectivity index (χ1v) is 7.79. The average molecular weight is 328 g/mol. The van der Waals surface area contributed by atoms with Crippen LogP contribution >= 0.6 is 0 Å². The van der Waals surface area contributed by atoms with E-state index in [2.05, 4.69) is 6.07 Å². The highest BCUT2D eigenvalue weighted by Gasteiger charge is 2.08. The van der Waals surface area contributed by atoms with Crippen molar-refractivity contribution in [1.29, 1.82) is 5.26 Å². The van der Waals surface area contributed by atoms with Crippen molar-refractivity contribution in [2.45, 2.75) is 6.92 Å². The van der Waals surface area contributed by atoms with Gasteiger partial charge < -0.3 is 9.67 Å². The fourth-order valence-corrected chi connectivity index (χ4v) is 2.69. The van der Waals surface area contributed by atoms with Crippen LogP contribution in [0.5, 0.6) is 0 Å². The summed E-state index contributed by atoms with van der Waals surface area (Å²) >= 11 is 0. The van der Waals surface area contributed by atoms with Gasteiger partial charge in [0.15, 0.2) is 0 Å². The number of aromatic carboxylic acids is 1. The fraction of sp³-hybridized carbons (Fsp3) is 0.0476. The van der Waals surface area contributed by atoms with Crippen LogP contribution in [0, 0.1) is 18.3 Å². The highest BCUT2D eigenvalue weighted by atomic mass is 16.4. The van der Waals surface area contributed by atoms with Gasteiger partial charge in [0.25, 0.3) is 0 Å². The molecule has 0 saturated carbocycles. The number of nitrogens with zero attached hydrogens (tertiary/aromatic N) is 2. The second kappa shape index (κ2) is 6.90. The van der Waals surface area contributed by atoms with Gasteiger partial charge in [-0.05, 0) is 54.5 Å². The number of carbonyl (C=O) groups is 1. The van der Waals surface area contributed by atoms with Gasteiger partial charge in [-0.1, -0.05) is 30.3 Å². The van der Waals surface area contributed by atoms with Crippen LogP contribution in [0.3, 0.4) is 0 Å². The zero-order valence-corrected chi connectivity index (χ0v) is 13.7. The third-order valence-electron chi connectivity index (χ3n) is 4.01. The molecule has 0 radical (unpaired) electrons. The number of aryl methyl sites for hydroxylation is 1. The van der Waals surface area contributed by atoms with Crippen molar-refractivity contribution in [3.63, 3.8) is 0 Å². The third kappa shape index (κ3) is 3.36. The maximum atomic E-state index is 11.0. The van der Waals surface area contributed by atoms with Crippen LogP contribution in [-0.4, -0.2) is 15.6 Å². The Morgan fingerprint density at radius 1 is 1.04 bits per heavy atom. The molecule has 25 heavy (non-hydrogen) atoms. The van der Waals surface area contributed by atoms with Crippen LogP contribution in [0.2, 0.25) is 0 Å². The van der Waals surface area contributed by atoms with Crippen LogP contribution in [0.1, 0.15) is 27.2 Å². The molecule has 4 heteroatoms. The molecule has 2 aromatic carbocycles. The molecule has 0 aliphatic carbocycles. The number of carboxylic acid groups (broad SMARTS) is 1. The molecule has 0 amide bonds. The quantitative estimate of drug-likeness (QED) is 0.715. The molecule has 0 atom stereocenters. The van der Waals surface area contributed by atoms with E-state index in [9.17, 15) is 10.1 Å². The van der Waals surface area contributed by atoms with Gasteiger partial charge in [-0.2, -0.15) is 5.26 Å². The largest absolute Gasteiger partial charge is 0.478 e. The summed E-state index contributed by atoms with van der Waals surface area (Å²) in [5.41, 5.74) is 4.43. The van der Waals surface area contributed by atoms with Crippen molar-refractivity contribution in [2.75, 3.05) is 0 Å². The summed E-state index contributed by atoms with van der Waals surface area (Å²) in [5, 5.41) is 18.5. The lowest BCUT2D eigenvalue weighted by Gasteiger charge is -2.10. The van der Waals surface area contributed by atoms with Gasteiger partial charge in [0.05, 0.1) is 17.2 Å². The molecule has 4 nitrogen and oxygen atoms in total. The second-order valence-corrected chi connectivity index (χ2v) is 5.64. The maximum absolute atomic E-state index is 11.0. The van der Waals surface area contributed by atoms with Crippen molar-refractivity contribution in [2.24, 2.45) is 0 Å². The predicted molar refractivity (Wildman–Crippen MR) is 97.4 cm³/mol. The van der Waals surface area contributed by atoms with E-state index in [1.807, 2.05) is 60.2 Å². The summed E-state index contributed by atoms with van der Waals surface area (Å²) in [5.74, 6) is -0.984. The van der Waals surface area contributed by atoms with E-state index >= 15 is 0 Å². The third-order valence-corrected chi connectivity index (χ3v) is 4.01. The van der Waals surface area contributed by atoms with E-state index in [0.29, 0.717) is 11.1 Å². The van der Waals surface area contributed by atoms with Gasteiger partial charge in [-0.25, -0.2) is 4.79 Å². The molecule has 122 valence electrons. The van der Waals surface area contributed by atoms with E-state index in [0.717, 1.165) is 16.9 Å². The summed E-state index contributed by atoms with van der Waals surface area (Å²) in [6.45, 7) is 2.04. The minimum atomic E-state index is -0.984. The molecule has 1 aromatic heterocycles. The van der Waals surface area contributed by atoms with E-state index < -0.39 is 5.97 Å². The zero-order valence-electron chi connectivity index (χ0n) is 13.7. The Labute approximate surface area is 145 Å². The van der Waals surface area contributed by atoms with Gasteiger partial charge in [0.2, 0.25) is 0 Å². The molecular formula is C21H16N2O2. The van der Waals surface area contributed by atoms with Crippen molar-refractivity contribution < 1.29 is 9.90 Å². The van der Waals surface area contributed by atoms with E-state index in [-0.39, 0.29) is 5.56 Å². The minimum Gasteiger partial charge on any atom is -0.478 e. The smallest absolute Gasteiger partial charge is 0.335 e. The number of nitriles is 1. The Hall–Kier alpha value is -3.58. The molecule has 0 saturated heterocycles. The van der Waals surface area contributed by atoms with Crippen molar-refractivity contribution in [1.82, 2.24) is 4.57 Å². The van der Waals surface area contributed by atoms with Gasteiger partial charge >= 0.3 is 5.97 Å². The molecule has 0 unspecified atom stereocenters. The lowest BCUT2D eigenvalue weighted by molar-refractivity contribution is 0.0697. The summed E-state index contributed by atoms with van der Waals surface area (Å²) in [4.78, 5) is 11.0. The number of allylic oxidation sites excluding steroid dienone is 1. The number of rotatable bonds is 4. The topological polar surface area (TPSA) is 66.0 Å². The number of carboxylic acids is 1. The van der Waals surface area contributed by atoms with Gasteiger partial charge in [-0.15, -0.1) is 0 Å². The zero-order chi connectivity index (χ0) is 17.8. The molecule has 0 fully saturated rings. The van der Waals surface area contributed by atoms with E-state index in [4.69, 9.17) is 5.11 Å². The monoisotopic (exact) mass is 328 g/mol. The Morgan fingerprint density at radius 3 is 2.36 bits per heavy atom. The van der Waals surface area contributed by atoms with Crippen LogP contribution < -0.4 is 0 Å². The summed E-state index contributed by atoms with van der Waals surface area (Å²) in [6, 6.07) is 20.4. The minimum absolute atomic E-state index is 0.198. The molecule has 0 spiro atoms. The normalized spacial score (nSPS) is 11.1. The number of para-hydroxylation sites is 1. The number of hydrogen-bond acceptors (Lipinski definition) is 2. The van der Waals surface area contributed by atoms with Crippen molar-refractivity contribution >= 4 is 17.6 Å². The molecule has 0 bridgehead atoms. The Bertz CT molecular complexity index is 989. The van der Waals surface area contributed by atoms with E-state index in [1.165, 1.54) is 12.1 Å².